The highest BCUT2D eigenvalue weighted by Crippen LogP contribution is 2.08. The molecule has 30 heavy (non-hydrogen) atoms. The van der Waals surface area contributed by atoms with E-state index in [-0.39, 0.29) is 6.04 Å². The van der Waals surface area contributed by atoms with Gasteiger partial charge in [-0.25, -0.2) is 9.59 Å². The number of hydrogen-bond donors (Lipinski definition) is 3. The van der Waals surface area contributed by atoms with Crippen molar-refractivity contribution in [2.24, 2.45) is 5.73 Å². The lowest BCUT2D eigenvalue weighted by atomic mass is 10.2. The monoisotopic (exact) mass is 435 g/mol. The van der Waals surface area contributed by atoms with Gasteiger partial charge in [0, 0.05) is 19.7 Å². The van der Waals surface area contributed by atoms with Crippen LogP contribution >= 0.6 is 0 Å². The molecule has 0 aliphatic carbocycles. The van der Waals surface area contributed by atoms with Crippen LogP contribution in [0.5, 0.6) is 0 Å². The molecule has 10 heteroatoms. The molecular weight excluding hydrogens is 394 g/mol. The molecule has 0 spiro atoms. The molecule has 0 heterocycles. The molecule has 0 saturated carbocycles. The maximum atomic E-state index is 12.0. The van der Waals surface area contributed by atoms with Crippen LogP contribution in [0.4, 0.5) is 9.59 Å². The van der Waals surface area contributed by atoms with E-state index in [4.69, 9.17) is 29.4 Å². The largest absolute Gasteiger partial charge is 0.444 e. The molecule has 0 aliphatic heterocycles. The average Bonchev–Trinajstić information content (AvgIpc) is 2.57. The molecule has 0 aromatic rings. The van der Waals surface area contributed by atoms with Crippen LogP contribution in [-0.2, 0) is 23.7 Å². The number of carbonyl (C=O) groups excluding carboxylic acids is 2. The van der Waals surface area contributed by atoms with E-state index in [0.29, 0.717) is 59.2 Å². The quantitative estimate of drug-likeness (QED) is 0.352. The smallest absolute Gasteiger partial charge is 0.407 e. The van der Waals surface area contributed by atoms with E-state index < -0.39 is 23.4 Å². The van der Waals surface area contributed by atoms with E-state index in [1.807, 2.05) is 0 Å². The summed E-state index contributed by atoms with van der Waals surface area (Å²) >= 11 is 0. The Kier molecular flexibility index (Phi) is 14.4. The molecule has 10 nitrogen and oxygen atoms in total. The maximum absolute atomic E-state index is 12.0. The van der Waals surface area contributed by atoms with Crippen molar-refractivity contribution in [2.75, 3.05) is 52.7 Å². The highest BCUT2D eigenvalue weighted by Gasteiger charge is 2.20. The van der Waals surface area contributed by atoms with Gasteiger partial charge < -0.3 is 40.1 Å². The first kappa shape index (κ1) is 28.4. The Morgan fingerprint density at radius 3 is 1.97 bits per heavy atom. The summed E-state index contributed by atoms with van der Waals surface area (Å²) in [6, 6.07) is -0.258. The zero-order chi connectivity index (χ0) is 23.0. The Balaban J connectivity index is 4.02. The number of hydrogen-bond acceptors (Lipinski definition) is 8. The summed E-state index contributed by atoms with van der Waals surface area (Å²) in [6.45, 7) is 13.9. The van der Waals surface area contributed by atoms with Crippen molar-refractivity contribution in [3.8, 4) is 0 Å². The molecule has 0 rings (SSSR count). The third-order valence-corrected chi connectivity index (χ3v) is 3.20. The summed E-state index contributed by atoms with van der Waals surface area (Å²) in [4.78, 5) is 23.5. The maximum Gasteiger partial charge on any atom is 0.407 e. The first-order valence-electron chi connectivity index (χ1n) is 10.3. The summed E-state index contributed by atoms with van der Waals surface area (Å²) in [6.07, 6.45) is -0.408. The van der Waals surface area contributed by atoms with Gasteiger partial charge in [0.1, 0.15) is 11.2 Å². The molecule has 0 bridgehead atoms. The first-order valence-corrected chi connectivity index (χ1v) is 10.3. The highest BCUT2D eigenvalue weighted by atomic mass is 16.6. The van der Waals surface area contributed by atoms with Gasteiger partial charge in [0.25, 0.3) is 0 Å². The molecule has 0 aromatic carbocycles. The van der Waals surface area contributed by atoms with E-state index in [1.165, 1.54) is 0 Å². The number of carbonyl (C=O) groups is 2. The predicted molar refractivity (Wildman–Crippen MR) is 114 cm³/mol. The van der Waals surface area contributed by atoms with Crippen LogP contribution in [0.15, 0.2) is 0 Å². The Morgan fingerprint density at radius 1 is 0.800 bits per heavy atom. The van der Waals surface area contributed by atoms with E-state index in [0.717, 1.165) is 0 Å². The van der Waals surface area contributed by atoms with Gasteiger partial charge in [-0.3, -0.25) is 0 Å². The molecule has 0 saturated heterocycles. The highest BCUT2D eigenvalue weighted by molar-refractivity contribution is 5.68. The molecule has 0 aromatic heterocycles. The molecule has 4 N–H and O–H groups in total. The van der Waals surface area contributed by atoms with Crippen molar-refractivity contribution in [3.63, 3.8) is 0 Å². The summed E-state index contributed by atoms with van der Waals surface area (Å²) in [5, 5.41) is 5.40. The van der Waals surface area contributed by atoms with Crippen molar-refractivity contribution >= 4 is 12.2 Å². The molecule has 1 unspecified atom stereocenters. The molecule has 0 radical (unpaired) electrons. The van der Waals surface area contributed by atoms with Gasteiger partial charge >= 0.3 is 12.2 Å². The number of rotatable bonds is 14. The van der Waals surface area contributed by atoms with E-state index >= 15 is 0 Å². The van der Waals surface area contributed by atoms with Gasteiger partial charge in [0.05, 0.1) is 39.1 Å². The lowest BCUT2D eigenvalue weighted by Gasteiger charge is -2.23. The lowest BCUT2D eigenvalue weighted by molar-refractivity contribution is 0.0227. The molecule has 0 fully saturated rings. The third kappa shape index (κ3) is 19.7. The summed E-state index contributed by atoms with van der Waals surface area (Å²) in [5.41, 5.74) is 4.30. The van der Waals surface area contributed by atoms with E-state index in [1.54, 1.807) is 41.5 Å². The minimum atomic E-state index is -0.577. The van der Waals surface area contributed by atoms with Crippen LogP contribution < -0.4 is 16.4 Å². The molecule has 0 aliphatic rings. The zero-order valence-corrected chi connectivity index (χ0v) is 19.4. The van der Waals surface area contributed by atoms with Crippen molar-refractivity contribution in [1.29, 1.82) is 0 Å². The molecular formula is C20H41N3O7. The van der Waals surface area contributed by atoms with Crippen LogP contribution in [0.3, 0.4) is 0 Å². The summed E-state index contributed by atoms with van der Waals surface area (Å²) in [5.74, 6) is 0. The van der Waals surface area contributed by atoms with Crippen LogP contribution in [0, 0.1) is 0 Å². The van der Waals surface area contributed by atoms with Gasteiger partial charge in [-0.1, -0.05) is 0 Å². The third-order valence-electron chi connectivity index (χ3n) is 3.20. The molecule has 2 amide bonds. The molecule has 178 valence electrons. The van der Waals surface area contributed by atoms with Crippen molar-refractivity contribution in [3.05, 3.63) is 0 Å². The van der Waals surface area contributed by atoms with Gasteiger partial charge in [-0.2, -0.15) is 0 Å². The summed E-state index contributed by atoms with van der Waals surface area (Å²) in [7, 11) is 0. The lowest BCUT2D eigenvalue weighted by Crippen LogP contribution is -2.42. The van der Waals surface area contributed by atoms with Crippen LogP contribution in [-0.4, -0.2) is 82.2 Å². The SMILES string of the molecule is CC(C)(C)OC(=O)NCCOCCOCC(CCOCCN)NC(=O)OC(C)(C)C. The normalized spacial score (nSPS) is 12.9. The van der Waals surface area contributed by atoms with E-state index in [2.05, 4.69) is 10.6 Å². The number of amides is 2. The van der Waals surface area contributed by atoms with Crippen LogP contribution in [0.1, 0.15) is 48.0 Å². The Labute approximate surface area is 180 Å². The Morgan fingerprint density at radius 2 is 1.37 bits per heavy atom. The van der Waals surface area contributed by atoms with Crippen molar-refractivity contribution < 1.29 is 33.3 Å². The fraction of sp³-hybridized carbons (Fsp3) is 0.900. The van der Waals surface area contributed by atoms with Crippen molar-refractivity contribution in [1.82, 2.24) is 10.6 Å². The van der Waals surface area contributed by atoms with Gasteiger partial charge in [-0.15, -0.1) is 0 Å². The van der Waals surface area contributed by atoms with Gasteiger partial charge in [0.15, 0.2) is 0 Å². The fourth-order valence-electron chi connectivity index (χ4n) is 2.07. The summed E-state index contributed by atoms with van der Waals surface area (Å²) < 4.78 is 26.8. The second-order valence-corrected chi connectivity index (χ2v) is 8.65. The zero-order valence-electron chi connectivity index (χ0n) is 19.4. The first-order chi connectivity index (χ1) is 13.9. The van der Waals surface area contributed by atoms with Crippen molar-refractivity contribution in [2.45, 2.75) is 65.2 Å². The fourth-order valence-corrected chi connectivity index (χ4v) is 2.07. The average molecular weight is 436 g/mol. The van der Waals surface area contributed by atoms with Crippen LogP contribution in [0.25, 0.3) is 0 Å². The minimum absolute atomic E-state index is 0.258. The molecule has 1 atom stereocenters. The Bertz CT molecular complexity index is 476. The number of alkyl carbamates (subject to hydrolysis) is 2. The number of nitrogens with one attached hydrogen (secondary N) is 2. The Hall–Kier alpha value is -1.62. The number of ether oxygens (including phenoxy) is 5. The predicted octanol–water partition coefficient (Wildman–Crippen LogP) is 1.80. The minimum Gasteiger partial charge on any atom is -0.444 e. The second kappa shape index (κ2) is 15.2. The van der Waals surface area contributed by atoms with Gasteiger partial charge in [0.2, 0.25) is 0 Å². The van der Waals surface area contributed by atoms with Gasteiger partial charge in [-0.05, 0) is 48.0 Å². The standard InChI is InChI=1S/C20H41N3O7/c1-19(2,3)29-17(24)22-9-12-27-13-14-28-15-16(7-10-26-11-8-21)23-18(25)30-20(4,5)6/h16H,7-15,21H2,1-6H3,(H,22,24)(H,23,25). The van der Waals surface area contributed by atoms with E-state index in [9.17, 15) is 9.59 Å². The second-order valence-electron chi connectivity index (χ2n) is 8.65. The van der Waals surface area contributed by atoms with Crippen LogP contribution in [0.2, 0.25) is 0 Å². The number of nitrogens with two attached hydrogens (primary N) is 1. The topological polar surface area (TPSA) is 130 Å².